The Morgan fingerprint density at radius 1 is 0.842 bits per heavy atom. The van der Waals surface area contributed by atoms with Crippen molar-refractivity contribution in [3.63, 3.8) is 0 Å². The minimum atomic E-state index is 0.776. The molecule has 1 aromatic carbocycles. The average Bonchev–Trinajstić information content (AvgIpc) is 2.49. The number of nitrogens with zero attached hydrogens (tertiary/aromatic N) is 5. The van der Waals surface area contributed by atoms with Crippen LogP contribution >= 0.6 is 0 Å². The van der Waals surface area contributed by atoms with E-state index in [0.29, 0.717) is 0 Å². The van der Waals surface area contributed by atoms with Gasteiger partial charge in [-0.15, -0.1) is 0 Å². The van der Waals surface area contributed by atoms with Crippen LogP contribution in [-0.4, -0.2) is 41.1 Å². The maximum atomic E-state index is 4.20. The molecular weight excluding hydrogens is 238 g/mol. The number of benzene rings is 1. The molecule has 0 bridgehead atoms. The first kappa shape index (κ1) is 11.9. The molecule has 5 nitrogen and oxygen atoms in total. The number of aryl methyl sites for hydroxylation is 1. The molecule has 0 aliphatic carbocycles. The molecule has 0 spiro atoms. The first-order chi connectivity index (χ1) is 9.33. The number of piperazine rings is 1. The Hall–Kier alpha value is -2.17. The highest BCUT2D eigenvalue weighted by atomic mass is 15.3. The zero-order chi connectivity index (χ0) is 13.1. The topological polar surface area (TPSA) is 45.2 Å². The van der Waals surface area contributed by atoms with Crippen LogP contribution in [0.15, 0.2) is 36.9 Å². The maximum Gasteiger partial charge on any atom is 0.228 e. The lowest BCUT2D eigenvalue weighted by atomic mass is 10.2. The van der Waals surface area contributed by atoms with Gasteiger partial charge in [0.15, 0.2) is 0 Å². The Balaban J connectivity index is 1.65. The van der Waals surface area contributed by atoms with Crippen LogP contribution < -0.4 is 9.80 Å². The lowest BCUT2D eigenvalue weighted by Crippen LogP contribution is -2.47. The summed E-state index contributed by atoms with van der Waals surface area (Å²) in [5.41, 5.74) is 2.59. The largest absolute Gasteiger partial charge is 0.368 e. The van der Waals surface area contributed by atoms with Gasteiger partial charge < -0.3 is 9.80 Å². The van der Waals surface area contributed by atoms with Crippen LogP contribution in [0.5, 0.6) is 0 Å². The quantitative estimate of drug-likeness (QED) is 0.814. The third-order valence-electron chi connectivity index (χ3n) is 3.44. The van der Waals surface area contributed by atoms with Crippen LogP contribution in [0.2, 0.25) is 0 Å². The van der Waals surface area contributed by atoms with E-state index in [9.17, 15) is 0 Å². The SMILES string of the molecule is Cc1ccc(N2CCN(c3ncncn3)CC2)cc1. The molecule has 0 N–H and O–H groups in total. The number of rotatable bonds is 2. The molecule has 1 fully saturated rings. The van der Waals surface area contributed by atoms with E-state index in [-0.39, 0.29) is 0 Å². The summed E-state index contributed by atoms with van der Waals surface area (Å²) in [5, 5.41) is 0. The first-order valence-corrected chi connectivity index (χ1v) is 6.51. The van der Waals surface area contributed by atoms with Crippen molar-refractivity contribution in [2.45, 2.75) is 6.92 Å². The third-order valence-corrected chi connectivity index (χ3v) is 3.44. The molecular formula is C14H17N5. The molecule has 0 amide bonds. The van der Waals surface area contributed by atoms with E-state index >= 15 is 0 Å². The fourth-order valence-electron chi connectivity index (χ4n) is 2.32. The summed E-state index contributed by atoms with van der Waals surface area (Å²) in [5.74, 6) is 0.776. The molecule has 0 radical (unpaired) electrons. The van der Waals surface area contributed by atoms with E-state index in [1.54, 1.807) is 12.7 Å². The smallest absolute Gasteiger partial charge is 0.228 e. The summed E-state index contributed by atoms with van der Waals surface area (Å²) in [6, 6.07) is 8.70. The van der Waals surface area contributed by atoms with E-state index in [2.05, 4.69) is 55.9 Å². The number of hydrogen-bond donors (Lipinski definition) is 0. The van der Waals surface area contributed by atoms with Gasteiger partial charge in [-0.25, -0.2) is 15.0 Å². The van der Waals surface area contributed by atoms with Crippen LogP contribution in [0.4, 0.5) is 11.6 Å². The standard InChI is InChI=1S/C14H17N5/c1-12-2-4-13(5-3-12)18-6-8-19(9-7-18)14-16-10-15-11-17-14/h2-5,10-11H,6-9H2,1H3. The number of anilines is 2. The second kappa shape index (κ2) is 5.22. The molecule has 1 aromatic heterocycles. The first-order valence-electron chi connectivity index (χ1n) is 6.51. The van der Waals surface area contributed by atoms with Crippen LogP contribution in [-0.2, 0) is 0 Å². The summed E-state index contributed by atoms with van der Waals surface area (Å²) >= 11 is 0. The monoisotopic (exact) mass is 255 g/mol. The number of hydrogen-bond acceptors (Lipinski definition) is 5. The van der Waals surface area contributed by atoms with Crippen molar-refractivity contribution in [1.82, 2.24) is 15.0 Å². The predicted octanol–water partition coefficient (Wildman–Crippen LogP) is 1.51. The highest BCUT2D eigenvalue weighted by Gasteiger charge is 2.18. The van der Waals surface area contributed by atoms with Crippen LogP contribution in [0, 0.1) is 6.92 Å². The second-order valence-electron chi connectivity index (χ2n) is 4.75. The molecule has 98 valence electrons. The van der Waals surface area contributed by atoms with Crippen molar-refractivity contribution in [3.8, 4) is 0 Å². The zero-order valence-corrected chi connectivity index (χ0v) is 11.0. The molecule has 5 heteroatoms. The third kappa shape index (κ3) is 2.65. The predicted molar refractivity (Wildman–Crippen MR) is 75.4 cm³/mol. The van der Waals surface area contributed by atoms with E-state index in [1.807, 2.05) is 0 Å². The summed E-state index contributed by atoms with van der Waals surface area (Å²) in [6.07, 6.45) is 3.10. The Morgan fingerprint density at radius 2 is 1.42 bits per heavy atom. The molecule has 19 heavy (non-hydrogen) atoms. The number of aromatic nitrogens is 3. The average molecular weight is 255 g/mol. The van der Waals surface area contributed by atoms with Crippen molar-refractivity contribution in [3.05, 3.63) is 42.5 Å². The molecule has 0 atom stereocenters. The van der Waals surface area contributed by atoms with Crippen molar-refractivity contribution in [2.24, 2.45) is 0 Å². The summed E-state index contributed by atoms with van der Waals surface area (Å²) in [4.78, 5) is 16.8. The zero-order valence-electron chi connectivity index (χ0n) is 11.0. The van der Waals surface area contributed by atoms with Crippen LogP contribution in [0.25, 0.3) is 0 Å². The van der Waals surface area contributed by atoms with Crippen LogP contribution in [0.1, 0.15) is 5.56 Å². The van der Waals surface area contributed by atoms with E-state index in [1.165, 1.54) is 11.3 Å². The maximum absolute atomic E-state index is 4.20. The molecule has 2 heterocycles. The molecule has 1 aliphatic heterocycles. The lowest BCUT2D eigenvalue weighted by molar-refractivity contribution is 0.638. The highest BCUT2D eigenvalue weighted by Crippen LogP contribution is 2.18. The van der Waals surface area contributed by atoms with Gasteiger partial charge in [-0.05, 0) is 19.1 Å². The lowest BCUT2D eigenvalue weighted by Gasteiger charge is -2.36. The molecule has 3 rings (SSSR count). The van der Waals surface area contributed by atoms with Crippen molar-refractivity contribution >= 4 is 11.6 Å². The Bertz CT molecular complexity index is 517. The van der Waals surface area contributed by atoms with E-state index in [4.69, 9.17) is 0 Å². The van der Waals surface area contributed by atoms with Gasteiger partial charge >= 0.3 is 0 Å². The van der Waals surface area contributed by atoms with Gasteiger partial charge in [-0.1, -0.05) is 17.7 Å². The Kier molecular flexibility index (Phi) is 3.27. The van der Waals surface area contributed by atoms with Crippen molar-refractivity contribution in [2.75, 3.05) is 36.0 Å². The fourth-order valence-corrected chi connectivity index (χ4v) is 2.32. The molecule has 1 aliphatic rings. The van der Waals surface area contributed by atoms with E-state index < -0.39 is 0 Å². The van der Waals surface area contributed by atoms with Crippen molar-refractivity contribution < 1.29 is 0 Å². The van der Waals surface area contributed by atoms with Crippen molar-refractivity contribution in [1.29, 1.82) is 0 Å². The summed E-state index contributed by atoms with van der Waals surface area (Å²) in [7, 11) is 0. The van der Waals surface area contributed by atoms with Gasteiger partial charge in [-0.3, -0.25) is 0 Å². The molecule has 1 saturated heterocycles. The van der Waals surface area contributed by atoms with Gasteiger partial charge in [0.25, 0.3) is 0 Å². The van der Waals surface area contributed by atoms with E-state index in [0.717, 1.165) is 32.1 Å². The van der Waals surface area contributed by atoms with Gasteiger partial charge in [-0.2, -0.15) is 0 Å². The minimum Gasteiger partial charge on any atom is -0.368 e. The Morgan fingerprint density at radius 3 is 2.05 bits per heavy atom. The fraction of sp³-hybridized carbons (Fsp3) is 0.357. The highest BCUT2D eigenvalue weighted by molar-refractivity contribution is 5.49. The van der Waals surface area contributed by atoms with Gasteiger partial charge in [0.05, 0.1) is 0 Å². The van der Waals surface area contributed by atoms with Crippen LogP contribution in [0.3, 0.4) is 0 Å². The molecule has 0 unspecified atom stereocenters. The normalized spacial score (nSPS) is 15.6. The second-order valence-corrected chi connectivity index (χ2v) is 4.75. The van der Waals surface area contributed by atoms with Gasteiger partial charge in [0, 0.05) is 31.9 Å². The molecule has 0 saturated carbocycles. The minimum absolute atomic E-state index is 0.776. The van der Waals surface area contributed by atoms with Gasteiger partial charge in [0.2, 0.25) is 5.95 Å². The Labute approximate surface area is 112 Å². The molecule has 2 aromatic rings. The van der Waals surface area contributed by atoms with Gasteiger partial charge in [0.1, 0.15) is 12.7 Å². The summed E-state index contributed by atoms with van der Waals surface area (Å²) < 4.78 is 0. The summed E-state index contributed by atoms with van der Waals surface area (Å²) in [6.45, 7) is 5.99.